The van der Waals surface area contributed by atoms with Crippen molar-refractivity contribution >= 4 is 21.1 Å². The molecule has 0 radical (unpaired) electrons. The second kappa shape index (κ2) is 11.2. The van der Waals surface area contributed by atoms with Crippen molar-refractivity contribution < 1.29 is 31.4 Å². The summed E-state index contributed by atoms with van der Waals surface area (Å²) < 4.78 is 69.7. The largest absolute Gasteiger partial charge is 0.491 e. The van der Waals surface area contributed by atoms with Gasteiger partial charge in [0.1, 0.15) is 11.4 Å². The van der Waals surface area contributed by atoms with Crippen LogP contribution in [0.5, 0.6) is 5.75 Å². The normalized spacial score (nSPS) is 18.6. The van der Waals surface area contributed by atoms with E-state index in [0.717, 1.165) is 38.4 Å². The monoisotopic (exact) mass is 565 g/mol. The van der Waals surface area contributed by atoms with Gasteiger partial charge in [0.2, 0.25) is 0 Å². The number of aliphatic hydroxyl groups is 1. The van der Waals surface area contributed by atoms with Gasteiger partial charge in [-0.15, -0.1) is 0 Å². The van der Waals surface area contributed by atoms with Gasteiger partial charge in [-0.05, 0) is 67.3 Å². The predicted molar refractivity (Wildman–Crippen MR) is 146 cm³/mol. The van der Waals surface area contributed by atoms with Crippen molar-refractivity contribution in [3.63, 3.8) is 0 Å². The highest BCUT2D eigenvalue weighted by molar-refractivity contribution is 7.91. The molecule has 212 valence electrons. The highest BCUT2D eigenvalue weighted by Crippen LogP contribution is 2.51. The first kappa shape index (κ1) is 29.0. The van der Waals surface area contributed by atoms with Crippen LogP contribution in [0.1, 0.15) is 32.8 Å². The summed E-state index contributed by atoms with van der Waals surface area (Å²) >= 11 is 0. The Labute approximate surface area is 227 Å². The van der Waals surface area contributed by atoms with Crippen molar-refractivity contribution in [2.75, 3.05) is 43.9 Å². The number of allylic oxidation sites excluding steroid dienone is 2. The van der Waals surface area contributed by atoms with Gasteiger partial charge in [-0.2, -0.15) is 13.2 Å². The molecule has 0 aromatic heterocycles. The number of halogens is 3. The van der Waals surface area contributed by atoms with Crippen molar-refractivity contribution in [3.05, 3.63) is 59.8 Å². The SMILES string of the molecule is CCS(=O)(=O)c1cccc(-c2ccc(OCCCN(CCO)CC(F)(F)F)c3c2C2=CC(C)=CNC2(C)N3)c1. The number of nitrogens with one attached hydrogen (secondary N) is 2. The van der Waals surface area contributed by atoms with Crippen LogP contribution in [-0.2, 0) is 9.84 Å². The van der Waals surface area contributed by atoms with E-state index in [0.29, 0.717) is 12.2 Å². The fourth-order valence-corrected chi connectivity index (χ4v) is 5.86. The van der Waals surface area contributed by atoms with E-state index < -0.39 is 28.2 Å². The van der Waals surface area contributed by atoms with E-state index in [1.807, 2.05) is 32.2 Å². The Hall–Kier alpha value is -3.02. The molecule has 0 fully saturated rings. The van der Waals surface area contributed by atoms with Crippen LogP contribution >= 0.6 is 0 Å². The third-order valence-corrected chi connectivity index (χ3v) is 8.62. The minimum absolute atomic E-state index is 0.00126. The summed E-state index contributed by atoms with van der Waals surface area (Å²) in [6.45, 7) is 4.38. The van der Waals surface area contributed by atoms with Crippen molar-refractivity contribution in [1.82, 2.24) is 10.2 Å². The summed E-state index contributed by atoms with van der Waals surface area (Å²) in [5.74, 6) is 0.547. The first-order valence-electron chi connectivity index (χ1n) is 12.8. The van der Waals surface area contributed by atoms with E-state index >= 15 is 0 Å². The van der Waals surface area contributed by atoms with Crippen LogP contribution in [0.4, 0.5) is 18.9 Å². The maximum absolute atomic E-state index is 12.8. The molecule has 11 heteroatoms. The smallest absolute Gasteiger partial charge is 0.401 e. The summed E-state index contributed by atoms with van der Waals surface area (Å²) in [6.07, 6.45) is -0.0298. The van der Waals surface area contributed by atoms with E-state index in [2.05, 4.69) is 16.7 Å². The van der Waals surface area contributed by atoms with Gasteiger partial charge in [0, 0.05) is 30.4 Å². The Morgan fingerprint density at radius 2 is 1.92 bits per heavy atom. The molecular weight excluding hydrogens is 531 g/mol. The molecule has 2 aliphatic heterocycles. The third kappa shape index (κ3) is 6.42. The number of fused-ring (bicyclic) bond motifs is 3. The highest BCUT2D eigenvalue weighted by Gasteiger charge is 2.41. The summed E-state index contributed by atoms with van der Waals surface area (Å²) in [5.41, 5.74) is 4.55. The second-order valence-corrected chi connectivity index (χ2v) is 12.2. The van der Waals surface area contributed by atoms with Gasteiger partial charge in [0.15, 0.2) is 9.84 Å². The highest BCUT2D eigenvalue weighted by atomic mass is 32.2. The number of dihydropyridines is 1. The lowest BCUT2D eigenvalue weighted by molar-refractivity contribution is -0.147. The number of anilines is 1. The number of aliphatic hydroxyl groups excluding tert-OH is 1. The van der Waals surface area contributed by atoms with E-state index in [-0.39, 0.29) is 37.0 Å². The van der Waals surface area contributed by atoms with Crippen LogP contribution in [0.3, 0.4) is 0 Å². The van der Waals surface area contributed by atoms with E-state index in [4.69, 9.17) is 9.84 Å². The molecule has 1 unspecified atom stereocenters. The molecule has 2 aromatic rings. The molecule has 2 heterocycles. The molecule has 2 aliphatic rings. The van der Waals surface area contributed by atoms with Crippen molar-refractivity contribution in [1.29, 1.82) is 0 Å². The Bertz CT molecular complexity index is 1390. The lowest BCUT2D eigenvalue weighted by Gasteiger charge is -2.31. The van der Waals surface area contributed by atoms with E-state index in [1.54, 1.807) is 31.2 Å². The Balaban J connectivity index is 1.65. The molecular formula is C28H34F3N3O4S. The standard InChI is InChI=1S/C28H34F3N3O4S/c1-4-39(36,37)21-8-5-7-20(16-21)22-9-10-24(38-14-6-11-34(12-13-35)18-28(29,30)31)26-25(22)23-15-19(2)17-32-27(23,3)33-26/h5,7-10,15-17,32-33,35H,4,6,11-14,18H2,1-3H3. The number of nitrogens with zero attached hydrogens (tertiary/aromatic N) is 1. The van der Waals surface area contributed by atoms with Gasteiger partial charge in [-0.25, -0.2) is 8.42 Å². The first-order chi connectivity index (χ1) is 18.4. The molecule has 0 amide bonds. The zero-order valence-electron chi connectivity index (χ0n) is 22.2. The zero-order valence-corrected chi connectivity index (χ0v) is 23.0. The number of hydrogen-bond donors (Lipinski definition) is 3. The molecule has 4 rings (SSSR count). The second-order valence-electron chi connectivity index (χ2n) is 9.95. The van der Waals surface area contributed by atoms with Crippen LogP contribution in [0.25, 0.3) is 16.7 Å². The van der Waals surface area contributed by atoms with Crippen molar-refractivity contribution in [3.8, 4) is 16.9 Å². The van der Waals surface area contributed by atoms with Crippen molar-refractivity contribution in [2.24, 2.45) is 0 Å². The van der Waals surface area contributed by atoms with Crippen molar-refractivity contribution in [2.45, 2.75) is 43.9 Å². The molecule has 1 atom stereocenters. The molecule has 0 bridgehead atoms. The van der Waals surface area contributed by atoms with Crippen LogP contribution in [0.2, 0.25) is 0 Å². The van der Waals surface area contributed by atoms with Crippen LogP contribution in [-0.4, -0.2) is 68.9 Å². The first-order valence-corrected chi connectivity index (χ1v) is 14.5. The summed E-state index contributed by atoms with van der Waals surface area (Å²) in [7, 11) is -3.40. The lowest BCUT2D eigenvalue weighted by Crippen LogP contribution is -2.45. The van der Waals surface area contributed by atoms with Gasteiger partial charge in [0.05, 0.1) is 36.1 Å². The molecule has 0 aliphatic carbocycles. The maximum atomic E-state index is 12.8. The Kier molecular flexibility index (Phi) is 8.34. The molecule has 0 saturated heterocycles. The summed E-state index contributed by atoms with van der Waals surface area (Å²) in [4.78, 5) is 1.41. The minimum Gasteiger partial charge on any atom is -0.491 e. The lowest BCUT2D eigenvalue weighted by atomic mass is 9.88. The van der Waals surface area contributed by atoms with Gasteiger partial charge in [-0.1, -0.05) is 19.1 Å². The molecule has 39 heavy (non-hydrogen) atoms. The maximum Gasteiger partial charge on any atom is 0.401 e. The van der Waals surface area contributed by atoms with Crippen LogP contribution in [0.15, 0.2) is 59.1 Å². The molecule has 2 aromatic carbocycles. The summed E-state index contributed by atoms with van der Waals surface area (Å²) in [5, 5.41) is 16.0. The number of benzene rings is 2. The number of alkyl halides is 3. The predicted octanol–water partition coefficient (Wildman–Crippen LogP) is 4.80. The van der Waals surface area contributed by atoms with Gasteiger partial charge in [-0.3, -0.25) is 4.90 Å². The summed E-state index contributed by atoms with van der Waals surface area (Å²) in [6, 6.07) is 10.6. The van der Waals surface area contributed by atoms with Crippen LogP contribution < -0.4 is 15.4 Å². The Morgan fingerprint density at radius 3 is 2.62 bits per heavy atom. The Morgan fingerprint density at radius 1 is 1.15 bits per heavy atom. The van der Waals surface area contributed by atoms with E-state index in [9.17, 15) is 21.6 Å². The average Bonchev–Trinajstić information content (AvgIpc) is 3.19. The molecule has 0 saturated carbocycles. The van der Waals surface area contributed by atoms with Gasteiger partial charge in [0.25, 0.3) is 0 Å². The third-order valence-electron chi connectivity index (χ3n) is 6.89. The fourth-order valence-electron chi connectivity index (χ4n) is 4.93. The van der Waals surface area contributed by atoms with E-state index in [1.165, 1.54) is 0 Å². The molecule has 7 nitrogen and oxygen atoms in total. The number of ether oxygens (including phenoxy) is 1. The quantitative estimate of drug-likeness (QED) is 0.337. The molecule has 0 spiro atoms. The number of hydrogen-bond acceptors (Lipinski definition) is 7. The topological polar surface area (TPSA) is 90.9 Å². The average molecular weight is 566 g/mol. The zero-order chi connectivity index (χ0) is 28.4. The fraction of sp³-hybridized carbons (Fsp3) is 0.429. The van der Waals surface area contributed by atoms with Gasteiger partial charge >= 0.3 is 6.18 Å². The number of sulfone groups is 1. The van der Waals surface area contributed by atoms with Gasteiger partial charge < -0.3 is 20.5 Å². The van der Waals surface area contributed by atoms with Crippen LogP contribution in [0, 0.1) is 0 Å². The minimum atomic E-state index is -4.34. The number of rotatable bonds is 11. The molecule has 3 N–H and O–H groups in total.